The molecule has 0 bridgehead atoms. The van der Waals surface area contributed by atoms with E-state index >= 15 is 0 Å². The van der Waals surface area contributed by atoms with Crippen LogP contribution in [0, 0.1) is 5.82 Å². The van der Waals surface area contributed by atoms with Crippen LogP contribution in [-0.2, 0) is 37.7 Å². The van der Waals surface area contributed by atoms with E-state index in [1.807, 2.05) is 30.3 Å². The summed E-state index contributed by atoms with van der Waals surface area (Å²) in [6.45, 7) is 0.672. The van der Waals surface area contributed by atoms with Crippen LogP contribution in [0.1, 0.15) is 30.5 Å². The number of hydrogen-bond donors (Lipinski definition) is 2. The minimum atomic E-state index is -3.96. The van der Waals surface area contributed by atoms with Gasteiger partial charge in [-0.05, 0) is 85.8 Å². The van der Waals surface area contributed by atoms with Crippen molar-refractivity contribution in [2.24, 2.45) is 5.14 Å². The molecule has 0 radical (unpaired) electrons. The molecule has 5 rings (SSSR count). The minimum absolute atomic E-state index is 0.0395. The van der Waals surface area contributed by atoms with E-state index < -0.39 is 31.9 Å². The molecule has 45 heavy (non-hydrogen) atoms. The van der Waals surface area contributed by atoms with Crippen LogP contribution in [0.2, 0.25) is 0 Å². The van der Waals surface area contributed by atoms with Crippen molar-refractivity contribution in [2.75, 3.05) is 18.4 Å². The Morgan fingerprint density at radius 3 is 2.27 bits per heavy atom. The molecule has 0 amide bonds. The molecule has 1 aliphatic heterocycles. The Morgan fingerprint density at radius 2 is 1.60 bits per heavy atom. The second kappa shape index (κ2) is 13.8. The van der Waals surface area contributed by atoms with Crippen molar-refractivity contribution < 1.29 is 26.0 Å². The lowest BCUT2D eigenvalue weighted by Crippen LogP contribution is -2.40. The van der Waals surface area contributed by atoms with Gasteiger partial charge in [-0.15, -0.1) is 0 Å². The molecule has 1 atom stereocenters. The van der Waals surface area contributed by atoms with E-state index in [-0.39, 0.29) is 35.0 Å². The second-order valence-electron chi connectivity index (χ2n) is 10.6. The van der Waals surface area contributed by atoms with Crippen LogP contribution in [0.25, 0.3) is 11.3 Å². The maximum atomic E-state index is 13.4. The first-order chi connectivity index (χ1) is 21.4. The summed E-state index contributed by atoms with van der Waals surface area (Å²) in [5.74, 6) is -0.386. The summed E-state index contributed by atoms with van der Waals surface area (Å²) in [4.78, 5) is 22.7. The first kappa shape index (κ1) is 32.8. The molecule has 4 aromatic rings. The Balaban J connectivity index is 1.30. The lowest BCUT2D eigenvalue weighted by Gasteiger charge is -2.23. The van der Waals surface area contributed by atoms with Crippen LogP contribution in [0.4, 0.5) is 10.3 Å². The zero-order valence-corrected chi connectivity index (χ0v) is 27.3. The van der Waals surface area contributed by atoms with E-state index in [1.54, 1.807) is 12.1 Å². The first-order valence-corrected chi connectivity index (χ1v) is 18.0. The van der Waals surface area contributed by atoms with Gasteiger partial charge in [-0.2, -0.15) is 4.31 Å². The standard InChI is InChI=1S/C31H31BrFN5O5S2/c32-23-7-5-22(6-8-23)28-20-25(36-31(37-28)35-18-17-21-3-12-26(13-4-21)44(34,40)41)11-16-30(39)29-2-1-19-38(29)45(42,43)27-14-9-24(33)10-15-27/h3-10,12-15,20,29H,1-2,11,16-19H2,(H2,34,40,41)(H,35,36,37)/t29-/m0/s1. The SMILES string of the molecule is NS(=O)(=O)c1ccc(CCNc2nc(CCC(=O)[C@@H]3CCCN3S(=O)(=O)c3ccc(F)cc3)cc(-c3ccc(Br)cc3)n2)cc1. The summed E-state index contributed by atoms with van der Waals surface area (Å²) in [5, 5.41) is 8.40. The minimum Gasteiger partial charge on any atom is -0.354 e. The molecule has 14 heteroatoms. The molecule has 1 aliphatic rings. The Hall–Kier alpha value is -3.56. The number of carbonyl (C=O) groups excluding carboxylic acids is 1. The number of aromatic nitrogens is 2. The number of primary sulfonamides is 1. The van der Waals surface area contributed by atoms with Crippen LogP contribution in [0.3, 0.4) is 0 Å². The smallest absolute Gasteiger partial charge is 0.243 e. The lowest BCUT2D eigenvalue weighted by molar-refractivity contribution is -0.122. The molecule has 1 aromatic heterocycles. The van der Waals surface area contributed by atoms with Crippen molar-refractivity contribution in [1.82, 2.24) is 14.3 Å². The number of nitrogens with zero attached hydrogens (tertiary/aromatic N) is 3. The van der Waals surface area contributed by atoms with Gasteiger partial charge in [-0.1, -0.05) is 40.2 Å². The van der Waals surface area contributed by atoms with E-state index in [0.717, 1.165) is 27.7 Å². The third kappa shape index (κ3) is 8.19. The summed E-state index contributed by atoms with van der Waals surface area (Å²) in [6.07, 6.45) is 1.88. The Bertz CT molecular complexity index is 1890. The maximum absolute atomic E-state index is 13.4. The van der Waals surface area contributed by atoms with Gasteiger partial charge < -0.3 is 5.32 Å². The molecule has 0 saturated carbocycles. The molecule has 2 heterocycles. The van der Waals surface area contributed by atoms with Gasteiger partial charge >= 0.3 is 0 Å². The van der Waals surface area contributed by atoms with Crippen molar-refractivity contribution in [3.05, 3.63) is 100 Å². The lowest BCUT2D eigenvalue weighted by atomic mass is 10.0. The van der Waals surface area contributed by atoms with Crippen molar-refractivity contribution in [1.29, 1.82) is 0 Å². The van der Waals surface area contributed by atoms with Crippen molar-refractivity contribution in [2.45, 2.75) is 47.9 Å². The largest absolute Gasteiger partial charge is 0.354 e. The summed E-state index contributed by atoms with van der Waals surface area (Å²) < 4.78 is 65.1. The molecule has 3 aromatic carbocycles. The van der Waals surface area contributed by atoms with Gasteiger partial charge in [0.15, 0.2) is 5.78 Å². The molecular weight excluding hydrogens is 685 g/mol. The number of ketones is 1. The molecule has 1 fully saturated rings. The highest BCUT2D eigenvalue weighted by Gasteiger charge is 2.39. The van der Waals surface area contributed by atoms with Crippen LogP contribution in [0.15, 0.2) is 93.1 Å². The van der Waals surface area contributed by atoms with Crippen molar-refractivity contribution in [3.63, 3.8) is 0 Å². The number of hydrogen-bond acceptors (Lipinski definition) is 8. The van der Waals surface area contributed by atoms with E-state index in [2.05, 4.69) is 31.2 Å². The molecule has 3 N–H and O–H groups in total. The molecular formula is C31H31BrFN5O5S2. The zero-order valence-electron chi connectivity index (χ0n) is 24.1. The average Bonchev–Trinajstić information content (AvgIpc) is 3.52. The maximum Gasteiger partial charge on any atom is 0.243 e. The number of sulfonamides is 2. The fourth-order valence-corrected chi connectivity index (χ4v) is 7.61. The molecule has 0 aliphatic carbocycles. The van der Waals surface area contributed by atoms with Gasteiger partial charge in [0.25, 0.3) is 0 Å². The summed E-state index contributed by atoms with van der Waals surface area (Å²) in [6, 6.07) is 19.5. The van der Waals surface area contributed by atoms with Crippen molar-refractivity contribution >= 4 is 47.7 Å². The number of Topliss-reactive ketones (excluding diaryl/α,β-unsaturated/α-hetero) is 1. The van der Waals surface area contributed by atoms with Gasteiger partial charge in [-0.3, -0.25) is 4.79 Å². The van der Waals surface area contributed by atoms with Crippen LogP contribution in [0.5, 0.6) is 0 Å². The molecule has 10 nitrogen and oxygen atoms in total. The first-order valence-electron chi connectivity index (χ1n) is 14.2. The topological polar surface area (TPSA) is 152 Å². The zero-order chi connectivity index (χ0) is 32.2. The van der Waals surface area contributed by atoms with Gasteiger partial charge in [-0.25, -0.2) is 36.3 Å². The van der Waals surface area contributed by atoms with Crippen LogP contribution in [-0.4, -0.2) is 56.0 Å². The summed E-state index contributed by atoms with van der Waals surface area (Å²) in [7, 11) is -7.73. The van der Waals surface area contributed by atoms with E-state index in [0.29, 0.717) is 43.1 Å². The van der Waals surface area contributed by atoms with Gasteiger partial charge in [0, 0.05) is 35.2 Å². The van der Waals surface area contributed by atoms with Crippen LogP contribution < -0.4 is 10.5 Å². The predicted octanol–water partition coefficient (Wildman–Crippen LogP) is 4.70. The molecule has 236 valence electrons. The third-order valence-electron chi connectivity index (χ3n) is 7.49. The fourth-order valence-electron chi connectivity index (χ4n) is 5.15. The Kier molecular flexibility index (Phi) is 10.1. The van der Waals surface area contributed by atoms with Crippen LogP contribution >= 0.6 is 15.9 Å². The molecule has 0 spiro atoms. The second-order valence-corrected chi connectivity index (χ2v) is 15.0. The monoisotopic (exact) mass is 715 g/mol. The quantitative estimate of drug-likeness (QED) is 0.214. The highest BCUT2D eigenvalue weighted by atomic mass is 79.9. The predicted molar refractivity (Wildman–Crippen MR) is 172 cm³/mol. The van der Waals surface area contributed by atoms with Crippen molar-refractivity contribution in [3.8, 4) is 11.3 Å². The Labute approximate surface area is 270 Å². The van der Waals surface area contributed by atoms with E-state index in [4.69, 9.17) is 5.14 Å². The number of aryl methyl sites for hydroxylation is 1. The number of anilines is 1. The number of nitrogens with two attached hydrogens (primary N) is 1. The average molecular weight is 717 g/mol. The number of halogens is 2. The third-order valence-corrected chi connectivity index (χ3v) is 10.9. The summed E-state index contributed by atoms with van der Waals surface area (Å²) >= 11 is 3.44. The summed E-state index contributed by atoms with van der Waals surface area (Å²) in [5.41, 5.74) is 3.01. The number of nitrogens with one attached hydrogen (secondary N) is 1. The number of benzene rings is 3. The van der Waals surface area contributed by atoms with E-state index in [1.165, 1.54) is 28.6 Å². The van der Waals surface area contributed by atoms with E-state index in [9.17, 15) is 26.0 Å². The molecule has 1 saturated heterocycles. The number of carbonyl (C=O) groups is 1. The Morgan fingerprint density at radius 1 is 0.933 bits per heavy atom. The van der Waals surface area contributed by atoms with Gasteiger partial charge in [0.2, 0.25) is 26.0 Å². The molecule has 0 unspecified atom stereocenters. The van der Waals surface area contributed by atoms with Gasteiger partial charge in [0.1, 0.15) is 5.82 Å². The van der Waals surface area contributed by atoms with Gasteiger partial charge in [0.05, 0.1) is 21.5 Å². The number of rotatable bonds is 12. The fraction of sp³-hybridized carbons (Fsp3) is 0.258. The highest BCUT2D eigenvalue weighted by molar-refractivity contribution is 9.10. The normalized spacial score (nSPS) is 15.7. The highest BCUT2D eigenvalue weighted by Crippen LogP contribution is 2.28.